The smallest absolute Gasteiger partial charge is 0.124 e. The molecular weight excluding hydrogens is 235 g/mol. The van der Waals surface area contributed by atoms with Gasteiger partial charge in [-0.1, -0.05) is 13.0 Å². The van der Waals surface area contributed by atoms with Crippen LogP contribution in [0.3, 0.4) is 0 Å². The third kappa shape index (κ3) is 2.15. The summed E-state index contributed by atoms with van der Waals surface area (Å²) in [5.41, 5.74) is 7.00. The van der Waals surface area contributed by atoms with Crippen molar-refractivity contribution >= 4 is 27.1 Å². The van der Waals surface area contributed by atoms with Crippen LogP contribution in [0.1, 0.15) is 18.2 Å². The molecule has 1 aromatic heterocycles. The third-order valence-corrected chi connectivity index (χ3v) is 3.69. The van der Waals surface area contributed by atoms with E-state index >= 15 is 0 Å². The van der Waals surface area contributed by atoms with Crippen LogP contribution in [-0.4, -0.2) is 0 Å². The predicted octanol–water partition coefficient (Wildman–Crippen LogP) is 3.64. The van der Waals surface area contributed by atoms with Crippen LogP contribution >= 0.6 is 11.3 Å². The molecule has 2 N–H and O–H groups in total. The summed E-state index contributed by atoms with van der Waals surface area (Å²) in [5, 5.41) is 9.88. The fourth-order valence-electron chi connectivity index (χ4n) is 1.62. The first-order valence-corrected chi connectivity index (χ1v) is 6.05. The molecular formula is C13H11FN2S. The normalized spacial score (nSPS) is 12.3. The van der Waals surface area contributed by atoms with Gasteiger partial charge < -0.3 is 5.73 Å². The Balaban J connectivity index is 2.58. The van der Waals surface area contributed by atoms with Gasteiger partial charge in [0, 0.05) is 4.70 Å². The molecule has 0 aliphatic heterocycles. The van der Waals surface area contributed by atoms with Gasteiger partial charge in [-0.25, -0.2) is 4.39 Å². The summed E-state index contributed by atoms with van der Waals surface area (Å²) >= 11 is 1.40. The lowest BCUT2D eigenvalue weighted by Gasteiger charge is -1.99. The monoisotopic (exact) mass is 246 g/mol. The summed E-state index contributed by atoms with van der Waals surface area (Å²) in [6.45, 7) is 1.89. The molecule has 0 bridgehead atoms. The largest absolute Gasteiger partial charge is 0.397 e. The molecule has 0 saturated heterocycles. The van der Waals surface area contributed by atoms with E-state index in [0.29, 0.717) is 17.7 Å². The lowest BCUT2D eigenvalue weighted by atomic mass is 10.1. The molecule has 0 atom stereocenters. The molecule has 0 aliphatic rings. The maximum absolute atomic E-state index is 13.0. The Morgan fingerprint density at radius 2 is 2.24 bits per heavy atom. The van der Waals surface area contributed by atoms with Crippen molar-refractivity contribution in [1.82, 2.24) is 0 Å². The minimum Gasteiger partial charge on any atom is -0.397 e. The quantitative estimate of drug-likeness (QED) is 0.822. The fourth-order valence-corrected chi connectivity index (χ4v) is 2.69. The molecule has 0 spiro atoms. The van der Waals surface area contributed by atoms with Crippen molar-refractivity contribution in [2.45, 2.75) is 13.3 Å². The SMILES string of the molecule is CC/C(C#N)=C(/N)c1cc2ccc(F)cc2s1. The fraction of sp³-hybridized carbons (Fsp3) is 0.154. The van der Waals surface area contributed by atoms with Crippen LogP contribution in [0.4, 0.5) is 4.39 Å². The minimum absolute atomic E-state index is 0.260. The van der Waals surface area contributed by atoms with Gasteiger partial charge in [0.1, 0.15) is 5.82 Å². The zero-order chi connectivity index (χ0) is 12.4. The van der Waals surface area contributed by atoms with E-state index in [0.717, 1.165) is 15.0 Å². The summed E-state index contributed by atoms with van der Waals surface area (Å²) < 4.78 is 13.9. The van der Waals surface area contributed by atoms with Crippen molar-refractivity contribution in [3.05, 3.63) is 40.5 Å². The highest BCUT2D eigenvalue weighted by molar-refractivity contribution is 7.20. The van der Waals surface area contributed by atoms with Gasteiger partial charge in [0.05, 0.1) is 22.2 Å². The molecule has 0 unspecified atom stereocenters. The molecule has 2 rings (SSSR count). The number of hydrogen-bond acceptors (Lipinski definition) is 3. The number of fused-ring (bicyclic) bond motifs is 1. The molecule has 0 radical (unpaired) electrons. The Morgan fingerprint density at radius 1 is 1.47 bits per heavy atom. The van der Waals surface area contributed by atoms with Gasteiger partial charge in [-0.05, 0) is 30.0 Å². The second-order valence-electron chi connectivity index (χ2n) is 3.65. The number of nitrogens with two attached hydrogens (primary N) is 1. The molecule has 0 aliphatic carbocycles. The Labute approximate surface area is 103 Å². The molecule has 0 saturated carbocycles. The predicted molar refractivity (Wildman–Crippen MR) is 68.8 cm³/mol. The van der Waals surface area contributed by atoms with E-state index in [9.17, 15) is 4.39 Å². The molecule has 1 heterocycles. The first-order valence-electron chi connectivity index (χ1n) is 5.24. The highest BCUT2D eigenvalue weighted by atomic mass is 32.1. The molecule has 0 fully saturated rings. The van der Waals surface area contributed by atoms with Crippen molar-refractivity contribution in [2.75, 3.05) is 0 Å². The number of hydrogen-bond donors (Lipinski definition) is 1. The lowest BCUT2D eigenvalue weighted by molar-refractivity contribution is 0.630. The van der Waals surface area contributed by atoms with E-state index in [1.165, 1.54) is 23.5 Å². The molecule has 2 nitrogen and oxygen atoms in total. The Bertz CT molecular complexity index is 634. The average Bonchev–Trinajstić information content (AvgIpc) is 2.73. The van der Waals surface area contributed by atoms with Crippen molar-refractivity contribution in [1.29, 1.82) is 5.26 Å². The second-order valence-corrected chi connectivity index (χ2v) is 4.73. The minimum atomic E-state index is -0.260. The maximum atomic E-state index is 13.0. The second kappa shape index (κ2) is 4.56. The van der Waals surface area contributed by atoms with Crippen LogP contribution in [0.25, 0.3) is 15.8 Å². The van der Waals surface area contributed by atoms with Crippen LogP contribution in [0.2, 0.25) is 0 Å². The summed E-state index contributed by atoms with van der Waals surface area (Å²) in [4.78, 5) is 0.823. The average molecular weight is 246 g/mol. The summed E-state index contributed by atoms with van der Waals surface area (Å²) in [7, 11) is 0. The van der Waals surface area contributed by atoms with Crippen LogP contribution in [-0.2, 0) is 0 Å². The van der Waals surface area contributed by atoms with Crippen molar-refractivity contribution in [3.8, 4) is 6.07 Å². The number of nitriles is 1. The lowest BCUT2D eigenvalue weighted by Crippen LogP contribution is -1.97. The number of nitrogens with zero attached hydrogens (tertiary/aromatic N) is 1. The van der Waals surface area contributed by atoms with E-state index in [1.54, 1.807) is 6.07 Å². The molecule has 4 heteroatoms. The molecule has 86 valence electrons. The van der Waals surface area contributed by atoms with Crippen LogP contribution < -0.4 is 5.73 Å². The highest BCUT2D eigenvalue weighted by Crippen LogP contribution is 2.30. The zero-order valence-corrected chi connectivity index (χ0v) is 10.1. The van der Waals surface area contributed by atoms with Gasteiger partial charge in [-0.2, -0.15) is 5.26 Å². The van der Waals surface area contributed by atoms with Gasteiger partial charge in [-0.3, -0.25) is 0 Å². The Morgan fingerprint density at radius 3 is 2.88 bits per heavy atom. The summed E-state index contributed by atoms with van der Waals surface area (Å²) in [6, 6.07) is 8.60. The zero-order valence-electron chi connectivity index (χ0n) is 9.33. The first-order chi connectivity index (χ1) is 8.15. The van der Waals surface area contributed by atoms with Gasteiger partial charge in [0.25, 0.3) is 0 Å². The first kappa shape index (κ1) is 11.6. The van der Waals surface area contributed by atoms with Gasteiger partial charge >= 0.3 is 0 Å². The van der Waals surface area contributed by atoms with Crippen molar-refractivity contribution in [3.63, 3.8) is 0 Å². The van der Waals surface area contributed by atoms with Gasteiger partial charge in [-0.15, -0.1) is 11.3 Å². The number of benzene rings is 1. The van der Waals surface area contributed by atoms with Crippen molar-refractivity contribution < 1.29 is 4.39 Å². The van der Waals surface area contributed by atoms with Crippen LogP contribution in [0.5, 0.6) is 0 Å². The molecule has 1 aromatic carbocycles. The number of thiophene rings is 1. The Kier molecular flexibility index (Phi) is 3.12. The van der Waals surface area contributed by atoms with E-state index in [4.69, 9.17) is 11.0 Å². The van der Waals surface area contributed by atoms with Crippen LogP contribution in [0.15, 0.2) is 29.8 Å². The number of allylic oxidation sites excluding steroid dienone is 1. The van der Waals surface area contributed by atoms with Gasteiger partial charge in [0.15, 0.2) is 0 Å². The van der Waals surface area contributed by atoms with Crippen molar-refractivity contribution in [2.24, 2.45) is 5.73 Å². The highest BCUT2D eigenvalue weighted by Gasteiger charge is 2.08. The van der Waals surface area contributed by atoms with E-state index in [1.807, 2.05) is 13.0 Å². The van der Waals surface area contributed by atoms with E-state index in [2.05, 4.69) is 6.07 Å². The van der Waals surface area contributed by atoms with E-state index < -0.39 is 0 Å². The number of halogens is 1. The molecule has 2 aromatic rings. The number of rotatable bonds is 2. The standard InChI is InChI=1S/C13H11FN2S/c1-2-8(7-15)13(16)12-5-9-3-4-10(14)6-11(9)17-12/h3-6H,2,16H2,1H3/b13-8-. The van der Waals surface area contributed by atoms with Gasteiger partial charge in [0.2, 0.25) is 0 Å². The Hall–Kier alpha value is -1.86. The van der Waals surface area contributed by atoms with Crippen LogP contribution in [0, 0.1) is 17.1 Å². The topological polar surface area (TPSA) is 49.8 Å². The summed E-state index contributed by atoms with van der Waals surface area (Å²) in [5.74, 6) is -0.260. The molecule has 17 heavy (non-hydrogen) atoms. The van der Waals surface area contributed by atoms with E-state index in [-0.39, 0.29) is 5.82 Å². The third-order valence-electron chi connectivity index (χ3n) is 2.56. The maximum Gasteiger partial charge on any atom is 0.124 e. The summed E-state index contributed by atoms with van der Waals surface area (Å²) in [6.07, 6.45) is 0.602. The molecule has 0 amide bonds.